The van der Waals surface area contributed by atoms with Gasteiger partial charge in [0.05, 0.1) is 11.6 Å². The Balaban J connectivity index is 1.38. The van der Waals surface area contributed by atoms with Crippen molar-refractivity contribution in [3.63, 3.8) is 0 Å². The van der Waals surface area contributed by atoms with Crippen LogP contribution in [0.1, 0.15) is 32.6 Å². The van der Waals surface area contributed by atoms with Crippen LogP contribution in [0.25, 0.3) is 32.8 Å². The van der Waals surface area contributed by atoms with Gasteiger partial charge in [-0.25, -0.2) is 4.39 Å². The molecule has 0 spiro atoms. The van der Waals surface area contributed by atoms with Crippen LogP contribution < -0.4 is 15.0 Å². The fraction of sp³-hybridized carbons (Fsp3) is 0.438. The Morgan fingerprint density at radius 2 is 1.95 bits per heavy atom. The van der Waals surface area contributed by atoms with Gasteiger partial charge in [-0.15, -0.1) is 0 Å². The average Bonchev–Trinajstić information content (AvgIpc) is 3.62. The topological polar surface area (TPSA) is 73.8 Å². The molecule has 3 aliphatic rings. The van der Waals surface area contributed by atoms with Crippen LogP contribution >= 0.6 is 11.6 Å². The van der Waals surface area contributed by atoms with Crippen LogP contribution in [0.3, 0.4) is 0 Å². The van der Waals surface area contributed by atoms with Gasteiger partial charge in [-0.05, 0) is 81.2 Å². The number of halogens is 2. The van der Waals surface area contributed by atoms with Gasteiger partial charge < -0.3 is 25.0 Å². The molecule has 9 heteroatoms. The van der Waals surface area contributed by atoms with E-state index in [0.717, 1.165) is 56.1 Å². The number of nitrogens with zero attached hydrogens (tertiary/aromatic N) is 4. The summed E-state index contributed by atoms with van der Waals surface area (Å²) in [5, 5.41) is 16.6. The summed E-state index contributed by atoms with van der Waals surface area (Å²) in [5.74, 6) is 0.146. The first kappa shape index (κ1) is 26.7. The van der Waals surface area contributed by atoms with Crippen molar-refractivity contribution in [2.24, 2.45) is 5.41 Å². The molecular weight excluding hydrogens is 541 g/mol. The Kier molecular flexibility index (Phi) is 6.30. The highest BCUT2D eigenvalue weighted by molar-refractivity contribution is 6.35. The molecule has 0 radical (unpaired) electrons. The molecule has 3 heterocycles. The molecule has 2 bridgehead atoms. The van der Waals surface area contributed by atoms with E-state index in [1.54, 1.807) is 18.2 Å². The lowest BCUT2D eigenvalue weighted by Gasteiger charge is -2.40. The van der Waals surface area contributed by atoms with E-state index < -0.39 is 5.82 Å². The highest BCUT2D eigenvalue weighted by atomic mass is 35.5. The minimum Gasteiger partial charge on any atom is -0.508 e. The number of anilines is 1. The first-order chi connectivity index (χ1) is 19.6. The lowest BCUT2D eigenvalue weighted by molar-refractivity contribution is 0.183. The average molecular weight is 576 g/mol. The van der Waals surface area contributed by atoms with E-state index >= 15 is 4.39 Å². The maximum absolute atomic E-state index is 16.8. The van der Waals surface area contributed by atoms with Gasteiger partial charge in [0.15, 0.2) is 5.82 Å². The van der Waals surface area contributed by atoms with E-state index in [2.05, 4.69) is 41.1 Å². The highest BCUT2D eigenvalue weighted by Gasteiger charge is 2.45. The van der Waals surface area contributed by atoms with E-state index in [4.69, 9.17) is 21.3 Å². The smallest absolute Gasteiger partial charge is 0.319 e. The summed E-state index contributed by atoms with van der Waals surface area (Å²) in [6, 6.07) is 13.1. The number of fused-ring (bicyclic) bond motifs is 4. The van der Waals surface area contributed by atoms with Gasteiger partial charge in [0.25, 0.3) is 0 Å². The third-order valence-electron chi connectivity index (χ3n) is 8.95. The summed E-state index contributed by atoms with van der Waals surface area (Å²) in [7, 11) is 4.13. The number of aromatic hydroxyl groups is 1. The molecule has 3 fully saturated rings. The summed E-state index contributed by atoms with van der Waals surface area (Å²) in [4.78, 5) is 14.0. The van der Waals surface area contributed by atoms with Crippen LogP contribution in [0.5, 0.6) is 11.8 Å². The maximum atomic E-state index is 16.8. The maximum Gasteiger partial charge on any atom is 0.319 e. The second kappa shape index (κ2) is 9.68. The molecule has 1 aromatic heterocycles. The molecule has 2 atom stereocenters. The SMILES string of the molecule is CN(C)CC1(COc2nc(N3CC4CC[C@@](C)(C3)N4)c3cc(Cl)c(-c4cc(O)cc5ccccc45)c(F)c3n2)CC1. The second-order valence-corrected chi connectivity index (χ2v) is 13.2. The van der Waals surface area contributed by atoms with Crippen LogP contribution in [0.15, 0.2) is 42.5 Å². The number of phenols is 1. The normalized spacial score (nSPS) is 23.1. The largest absolute Gasteiger partial charge is 0.508 e. The predicted octanol–water partition coefficient (Wildman–Crippen LogP) is 6.00. The van der Waals surface area contributed by atoms with Crippen molar-refractivity contribution in [1.29, 1.82) is 0 Å². The van der Waals surface area contributed by atoms with Crippen molar-refractivity contribution < 1.29 is 14.2 Å². The summed E-state index contributed by atoms with van der Waals surface area (Å²) in [6.07, 6.45) is 4.35. The molecule has 2 aliphatic heterocycles. The van der Waals surface area contributed by atoms with Gasteiger partial charge in [0, 0.05) is 47.6 Å². The Morgan fingerprint density at radius 3 is 2.71 bits per heavy atom. The van der Waals surface area contributed by atoms with Crippen molar-refractivity contribution in [3.8, 4) is 22.9 Å². The molecule has 7 nitrogen and oxygen atoms in total. The van der Waals surface area contributed by atoms with Gasteiger partial charge in [-0.1, -0.05) is 35.9 Å². The molecule has 1 aliphatic carbocycles. The Labute approximate surface area is 244 Å². The van der Waals surface area contributed by atoms with E-state index in [9.17, 15) is 5.11 Å². The number of piperazine rings is 1. The van der Waals surface area contributed by atoms with E-state index in [1.165, 1.54) is 0 Å². The first-order valence-electron chi connectivity index (χ1n) is 14.3. The minimum absolute atomic E-state index is 0.0340. The second-order valence-electron chi connectivity index (χ2n) is 12.8. The highest BCUT2D eigenvalue weighted by Crippen LogP contribution is 2.47. The number of rotatable bonds is 7. The number of hydrogen-bond donors (Lipinski definition) is 2. The predicted molar refractivity (Wildman–Crippen MR) is 162 cm³/mol. The Morgan fingerprint density at radius 1 is 1.15 bits per heavy atom. The summed E-state index contributed by atoms with van der Waals surface area (Å²) in [5.41, 5.74) is 0.940. The van der Waals surface area contributed by atoms with Crippen LogP contribution in [0.4, 0.5) is 10.2 Å². The molecule has 2 saturated heterocycles. The van der Waals surface area contributed by atoms with Crippen molar-refractivity contribution >= 4 is 39.1 Å². The molecule has 3 aromatic carbocycles. The molecule has 41 heavy (non-hydrogen) atoms. The van der Waals surface area contributed by atoms with Crippen molar-refractivity contribution in [3.05, 3.63) is 53.3 Å². The van der Waals surface area contributed by atoms with E-state index in [0.29, 0.717) is 29.4 Å². The first-order valence-corrected chi connectivity index (χ1v) is 14.7. The minimum atomic E-state index is -0.546. The van der Waals surface area contributed by atoms with Gasteiger partial charge in [-0.3, -0.25) is 0 Å². The molecule has 1 saturated carbocycles. The van der Waals surface area contributed by atoms with Crippen LogP contribution in [0.2, 0.25) is 5.02 Å². The summed E-state index contributed by atoms with van der Waals surface area (Å²) in [6.45, 7) is 5.15. The lowest BCUT2D eigenvalue weighted by atomic mass is 9.96. The van der Waals surface area contributed by atoms with Gasteiger partial charge in [0.2, 0.25) is 0 Å². The number of benzene rings is 3. The fourth-order valence-electron chi connectivity index (χ4n) is 6.93. The lowest BCUT2D eigenvalue weighted by Crippen LogP contribution is -2.58. The Hall–Kier alpha value is -3.20. The quantitative estimate of drug-likeness (QED) is 0.280. The van der Waals surface area contributed by atoms with Crippen molar-refractivity contribution in [1.82, 2.24) is 20.2 Å². The molecular formula is C32H35ClFN5O2. The number of nitrogens with one attached hydrogen (secondary N) is 1. The molecule has 0 amide bonds. The molecule has 2 N–H and O–H groups in total. The zero-order chi connectivity index (χ0) is 28.5. The van der Waals surface area contributed by atoms with E-state index in [1.807, 2.05) is 24.3 Å². The number of hydrogen-bond acceptors (Lipinski definition) is 7. The Bertz CT molecular complexity index is 1680. The van der Waals surface area contributed by atoms with Crippen LogP contribution in [-0.2, 0) is 0 Å². The third-order valence-corrected chi connectivity index (χ3v) is 9.25. The number of ether oxygens (including phenoxy) is 1. The number of phenolic OH excluding ortho intramolecular Hbond substituents is 1. The molecule has 1 unspecified atom stereocenters. The van der Waals surface area contributed by atoms with E-state index in [-0.39, 0.29) is 38.8 Å². The van der Waals surface area contributed by atoms with Gasteiger partial charge in [-0.2, -0.15) is 9.97 Å². The molecule has 4 aromatic rings. The van der Waals surface area contributed by atoms with Crippen molar-refractivity contribution in [2.75, 3.05) is 45.2 Å². The molecule has 7 rings (SSSR count). The van der Waals surface area contributed by atoms with Crippen LogP contribution in [0, 0.1) is 11.2 Å². The summed E-state index contributed by atoms with van der Waals surface area (Å²) >= 11 is 6.88. The van der Waals surface area contributed by atoms with Crippen LogP contribution in [-0.4, -0.2) is 71.9 Å². The van der Waals surface area contributed by atoms with Crippen molar-refractivity contribution in [2.45, 2.75) is 44.2 Å². The zero-order valence-electron chi connectivity index (χ0n) is 23.7. The van der Waals surface area contributed by atoms with Gasteiger partial charge in [0.1, 0.15) is 17.1 Å². The van der Waals surface area contributed by atoms with Gasteiger partial charge >= 0.3 is 6.01 Å². The molecule has 214 valence electrons. The zero-order valence-corrected chi connectivity index (χ0v) is 24.4. The third kappa shape index (κ3) is 4.86. The number of aromatic nitrogens is 2. The fourth-order valence-corrected chi connectivity index (χ4v) is 7.23. The monoisotopic (exact) mass is 575 g/mol. The standard InChI is InChI=1S/C32H35ClFN5O2/c1-31-9-8-20(37-31)15-39(16-31)29-24-14-25(33)26(23-13-21(40)12-19-6-4-5-7-22(19)23)27(34)28(24)35-30(36-29)41-18-32(10-11-32)17-38(2)3/h4-7,12-14,20,37,40H,8-11,15-18H2,1-3H3/t20?,31-/m0/s1. The summed E-state index contributed by atoms with van der Waals surface area (Å²) < 4.78 is 23.0.